The smallest absolute Gasteiger partial charge is 0.307 e. The van der Waals surface area contributed by atoms with Crippen molar-refractivity contribution in [3.05, 3.63) is 30.1 Å². The fourth-order valence-electron chi connectivity index (χ4n) is 3.06. The highest BCUT2D eigenvalue weighted by molar-refractivity contribution is 5.97. The highest BCUT2D eigenvalue weighted by atomic mass is 19.1. The number of benzene rings is 1. The maximum atomic E-state index is 12.9. The van der Waals surface area contributed by atoms with Crippen LogP contribution in [0.15, 0.2) is 24.3 Å². The zero-order chi connectivity index (χ0) is 15.6. The fourth-order valence-corrected chi connectivity index (χ4v) is 3.06. The summed E-state index contributed by atoms with van der Waals surface area (Å²) in [6.07, 6.45) is 2.05. The lowest BCUT2D eigenvalue weighted by atomic mass is 9.94. The Morgan fingerprint density at radius 1 is 1.24 bits per heavy atom. The molecule has 0 bridgehead atoms. The van der Waals surface area contributed by atoms with Crippen molar-refractivity contribution in [3.8, 4) is 0 Å². The van der Waals surface area contributed by atoms with E-state index in [0.717, 1.165) is 6.42 Å². The molecular weight excluding hydrogens is 273 g/mol. The molecule has 0 aliphatic heterocycles. The summed E-state index contributed by atoms with van der Waals surface area (Å²) in [5.74, 6) is -2.31. The van der Waals surface area contributed by atoms with E-state index in [0.29, 0.717) is 18.5 Å². The first-order valence-corrected chi connectivity index (χ1v) is 7.20. The fraction of sp³-hybridized carbons (Fsp3) is 0.500. The van der Waals surface area contributed by atoms with Crippen molar-refractivity contribution in [2.75, 3.05) is 11.9 Å². The summed E-state index contributed by atoms with van der Waals surface area (Å²) < 4.78 is 12.9. The van der Waals surface area contributed by atoms with Crippen LogP contribution in [-0.4, -0.2) is 24.0 Å². The Balaban J connectivity index is 2.17. The van der Waals surface area contributed by atoms with E-state index in [4.69, 9.17) is 0 Å². The van der Waals surface area contributed by atoms with Crippen molar-refractivity contribution in [3.63, 3.8) is 0 Å². The lowest BCUT2D eigenvalue weighted by Gasteiger charge is -2.23. The number of amides is 1. The number of carbonyl (C=O) groups is 2. The van der Waals surface area contributed by atoms with Gasteiger partial charge in [-0.15, -0.1) is 0 Å². The summed E-state index contributed by atoms with van der Waals surface area (Å²) in [6.45, 7) is 2.01. The number of carboxylic acids is 1. The Labute approximate surface area is 123 Å². The first-order chi connectivity index (χ1) is 9.93. The number of rotatable bonds is 4. The van der Waals surface area contributed by atoms with E-state index in [-0.39, 0.29) is 17.6 Å². The molecule has 4 nitrogen and oxygen atoms in total. The summed E-state index contributed by atoms with van der Waals surface area (Å²) >= 11 is 0. The Bertz CT molecular complexity index is 529. The summed E-state index contributed by atoms with van der Waals surface area (Å²) in [4.78, 5) is 25.4. The van der Waals surface area contributed by atoms with Crippen molar-refractivity contribution in [1.82, 2.24) is 0 Å². The van der Waals surface area contributed by atoms with Crippen molar-refractivity contribution in [2.45, 2.75) is 26.2 Å². The molecule has 0 spiro atoms. The molecule has 0 saturated heterocycles. The van der Waals surface area contributed by atoms with Gasteiger partial charge in [0.25, 0.3) is 0 Å². The SMILES string of the molecule is CCC1C[C@H](C(=O)N(C)c2ccc(F)cc2)[C@H](C(=O)O)C1. The van der Waals surface area contributed by atoms with E-state index in [9.17, 15) is 19.1 Å². The third-order valence-corrected chi connectivity index (χ3v) is 4.42. The summed E-state index contributed by atoms with van der Waals surface area (Å²) in [5.41, 5.74) is 0.575. The molecule has 0 heterocycles. The maximum absolute atomic E-state index is 12.9. The van der Waals surface area contributed by atoms with E-state index in [1.807, 2.05) is 6.92 Å². The van der Waals surface area contributed by atoms with Crippen molar-refractivity contribution < 1.29 is 19.1 Å². The van der Waals surface area contributed by atoms with E-state index in [1.165, 1.54) is 29.2 Å². The van der Waals surface area contributed by atoms with Gasteiger partial charge in [-0.25, -0.2) is 4.39 Å². The highest BCUT2D eigenvalue weighted by Gasteiger charge is 2.43. The van der Waals surface area contributed by atoms with Crippen LogP contribution < -0.4 is 4.90 Å². The molecule has 5 heteroatoms. The minimum atomic E-state index is -0.906. The molecule has 1 saturated carbocycles. The van der Waals surface area contributed by atoms with Gasteiger partial charge in [0.15, 0.2) is 0 Å². The second-order valence-corrected chi connectivity index (χ2v) is 5.67. The third kappa shape index (κ3) is 3.23. The second-order valence-electron chi connectivity index (χ2n) is 5.67. The number of halogens is 1. The zero-order valence-electron chi connectivity index (χ0n) is 12.3. The normalized spacial score (nSPS) is 24.8. The molecule has 21 heavy (non-hydrogen) atoms. The number of carbonyl (C=O) groups excluding carboxylic acids is 1. The Kier molecular flexibility index (Phi) is 4.60. The minimum absolute atomic E-state index is 0.204. The van der Waals surface area contributed by atoms with E-state index < -0.39 is 17.8 Å². The van der Waals surface area contributed by atoms with E-state index >= 15 is 0 Å². The number of nitrogens with zero attached hydrogens (tertiary/aromatic N) is 1. The number of hydrogen-bond acceptors (Lipinski definition) is 2. The molecule has 1 aromatic carbocycles. The molecule has 1 unspecified atom stereocenters. The Morgan fingerprint density at radius 2 is 1.81 bits per heavy atom. The van der Waals surface area contributed by atoms with Gasteiger partial charge in [-0.3, -0.25) is 9.59 Å². The summed E-state index contributed by atoms with van der Waals surface area (Å²) in [5, 5.41) is 9.31. The maximum Gasteiger partial charge on any atom is 0.307 e. The lowest BCUT2D eigenvalue weighted by molar-refractivity contribution is -0.145. The molecule has 2 rings (SSSR count). The van der Waals surface area contributed by atoms with Gasteiger partial charge < -0.3 is 10.0 Å². The molecule has 1 amide bonds. The lowest BCUT2D eigenvalue weighted by Crippen LogP contribution is -2.36. The van der Waals surface area contributed by atoms with Gasteiger partial charge in [0.2, 0.25) is 5.91 Å². The van der Waals surface area contributed by atoms with Crippen LogP contribution >= 0.6 is 0 Å². The Morgan fingerprint density at radius 3 is 2.33 bits per heavy atom. The minimum Gasteiger partial charge on any atom is -0.481 e. The first kappa shape index (κ1) is 15.5. The summed E-state index contributed by atoms with van der Waals surface area (Å²) in [7, 11) is 1.60. The van der Waals surface area contributed by atoms with Crippen LogP contribution in [0.3, 0.4) is 0 Å². The number of anilines is 1. The topological polar surface area (TPSA) is 57.6 Å². The quantitative estimate of drug-likeness (QED) is 0.928. The molecular formula is C16H20FNO3. The monoisotopic (exact) mass is 293 g/mol. The molecule has 1 aliphatic carbocycles. The van der Waals surface area contributed by atoms with Crippen LogP contribution in [0.2, 0.25) is 0 Å². The van der Waals surface area contributed by atoms with Crippen LogP contribution in [0.5, 0.6) is 0 Å². The number of carboxylic acid groups (broad SMARTS) is 1. The van der Waals surface area contributed by atoms with Gasteiger partial charge in [0.05, 0.1) is 11.8 Å². The average Bonchev–Trinajstić information content (AvgIpc) is 2.91. The molecule has 1 N–H and O–H groups in total. The number of aliphatic carboxylic acids is 1. The molecule has 0 aromatic heterocycles. The zero-order valence-corrected chi connectivity index (χ0v) is 12.3. The average molecular weight is 293 g/mol. The first-order valence-electron chi connectivity index (χ1n) is 7.20. The summed E-state index contributed by atoms with van der Waals surface area (Å²) in [6, 6.07) is 5.62. The molecule has 1 aromatic rings. The van der Waals surface area contributed by atoms with Gasteiger partial charge in [-0.1, -0.05) is 13.3 Å². The van der Waals surface area contributed by atoms with E-state index in [1.54, 1.807) is 7.05 Å². The molecule has 114 valence electrons. The van der Waals surface area contributed by atoms with Crippen LogP contribution in [-0.2, 0) is 9.59 Å². The van der Waals surface area contributed by atoms with Gasteiger partial charge in [0.1, 0.15) is 5.82 Å². The van der Waals surface area contributed by atoms with Gasteiger partial charge in [-0.2, -0.15) is 0 Å². The molecule has 1 fully saturated rings. The molecule has 3 atom stereocenters. The largest absolute Gasteiger partial charge is 0.481 e. The second kappa shape index (κ2) is 6.24. The van der Waals surface area contributed by atoms with Crippen molar-refractivity contribution in [2.24, 2.45) is 17.8 Å². The van der Waals surface area contributed by atoms with Crippen LogP contribution in [0, 0.1) is 23.6 Å². The van der Waals surface area contributed by atoms with Crippen LogP contribution in [0.4, 0.5) is 10.1 Å². The van der Waals surface area contributed by atoms with Crippen LogP contribution in [0.25, 0.3) is 0 Å². The van der Waals surface area contributed by atoms with Crippen molar-refractivity contribution >= 4 is 17.6 Å². The van der Waals surface area contributed by atoms with Gasteiger partial charge in [0, 0.05) is 12.7 Å². The Hall–Kier alpha value is -1.91. The molecule has 1 aliphatic rings. The predicted octanol–water partition coefficient (Wildman–Crippen LogP) is 2.93. The predicted molar refractivity (Wildman–Crippen MR) is 77.4 cm³/mol. The van der Waals surface area contributed by atoms with Gasteiger partial charge in [-0.05, 0) is 43.0 Å². The van der Waals surface area contributed by atoms with Crippen molar-refractivity contribution in [1.29, 1.82) is 0 Å². The van der Waals surface area contributed by atoms with Gasteiger partial charge >= 0.3 is 5.97 Å². The molecule has 0 radical (unpaired) electrons. The van der Waals surface area contributed by atoms with E-state index in [2.05, 4.69) is 0 Å². The third-order valence-electron chi connectivity index (χ3n) is 4.42. The standard InChI is InChI=1S/C16H20FNO3/c1-3-10-8-13(14(9-10)16(20)21)15(19)18(2)12-6-4-11(17)5-7-12/h4-7,10,13-14H,3,8-9H2,1-2H3,(H,20,21)/t10?,13-,14+/m0/s1. The van der Waals surface area contributed by atoms with Crippen LogP contribution in [0.1, 0.15) is 26.2 Å². The highest BCUT2D eigenvalue weighted by Crippen LogP contribution is 2.39. The number of hydrogen-bond donors (Lipinski definition) is 1.